The van der Waals surface area contributed by atoms with Gasteiger partial charge in [0.05, 0.1) is 18.8 Å². The van der Waals surface area contributed by atoms with Crippen molar-refractivity contribution in [2.45, 2.75) is 321 Å². The average molecular weight is 834 g/mol. The van der Waals surface area contributed by atoms with Crippen molar-refractivity contribution in [3.05, 3.63) is 12.2 Å². The molecular weight excluding hydrogens is 727 g/mol. The maximum atomic E-state index is 12.5. The minimum absolute atomic E-state index is 0.359. The van der Waals surface area contributed by atoms with Crippen molar-refractivity contribution in [3.63, 3.8) is 0 Å². The molecule has 0 radical (unpaired) electrons. The normalized spacial score (nSPS) is 13.4. The molecule has 0 heterocycles. The summed E-state index contributed by atoms with van der Waals surface area (Å²) >= 11 is 0. The Morgan fingerprint density at radius 1 is 0.407 bits per heavy atom. The fourth-order valence-electron chi connectivity index (χ4n) is 8.66. The van der Waals surface area contributed by atoms with Gasteiger partial charge in [0.15, 0.2) is 0 Å². The van der Waals surface area contributed by atoms with Crippen molar-refractivity contribution in [1.29, 1.82) is 0 Å². The Kier molecular flexibility index (Phi) is 49.0. The van der Waals surface area contributed by atoms with Gasteiger partial charge < -0.3 is 20.6 Å². The number of aliphatic hydroxyl groups excluding tert-OH is 3. The van der Waals surface area contributed by atoms with Gasteiger partial charge in [-0.15, -0.1) is 0 Å². The largest absolute Gasteiger partial charge is 0.394 e. The topological polar surface area (TPSA) is 89.8 Å². The van der Waals surface area contributed by atoms with Crippen LogP contribution >= 0.6 is 0 Å². The predicted octanol–water partition coefficient (Wildman–Crippen LogP) is 16.3. The summed E-state index contributed by atoms with van der Waals surface area (Å²) in [6.07, 6.45) is 61.6. The highest BCUT2D eigenvalue weighted by molar-refractivity contribution is 5.80. The maximum Gasteiger partial charge on any atom is 0.249 e. The summed E-state index contributed by atoms with van der Waals surface area (Å²) in [7, 11) is 0. The molecule has 59 heavy (non-hydrogen) atoms. The van der Waals surface area contributed by atoms with Gasteiger partial charge in [-0.25, -0.2) is 0 Å². The molecule has 0 aliphatic heterocycles. The van der Waals surface area contributed by atoms with Crippen LogP contribution in [0.4, 0.5) is 0 Å². The van der Waals surface area contributed by atoms with E-state index in [9.17, 15) is 20.1 Å². The Hall–Kier alpha value is -0.910. The van der Waals surface area contributed by atoms with Crippen LogP contribution in [0.3, 0.4) is 0 Å². The molecule has 3 atom stereocenters. The standard InChI is InChI=1S/C54H107NO4/c1-3-5-7-9-11-13-15-16-17-18-19-20-21-22-23-24-25-26-27-28-29-30-31-32-33-34-35-36-37-39-41-43-45-47-49-53(58)54(59)55-51(50-56)52(57)48-46-44-42-40-38-14-12-10-8-6-4-2/h46,48,51-53,56-58H,3-45,47,49-50H2,1-2H3,(H,55,59)/b48-46+. The number of aliphatic hydroxyl groups is 3. The molecule has 0 aromatic rings. The van der Waals surface area contributed by atoms with E-state index >= 15 is 0 Å². The van der Waals surface area contributed by atoms with Crippen LogP contribution in [0, 0.1) is 0 Å². The highest BCUT2D eigenvalue weighted by Crippen LogP contribution is 2.18. The first kappa shape index (κ1) is 58.1. The lowest BCUT2D eigenvalue weighted by molar-refractivity contribution is -0.131. The van der Waals surface area contributed by atoms with Crippen LogP contribution in [-0.2, 0) is 4.79 Å². The molecule has 5 nitrogen and oxygen atoms in total. The summed E-state index contributed by atoms with van der Waals surface area (Å²) in [6.45, 7) is 4.19. The van der Waals surface area contributed by atoms with E-state index in [1.165, 1.54) is 250 Å². The van der Waals surface area contributed by atoms with Gasteiger partial charge in [-0.1, -0.05) is 296 Å². The molecule has 0 saturated carbocycles. The molecule has 0 aromatic carbocycles. The summed E-state index contributed by atoms with van der Waals surface area (Å²) < 4.78 is 0. The van der Waals surface area contributed by atoms with Crippen LogP contribution in [0.15, 0.2) is 12.2 Å². The molecule has 0 spiro atoms. The Labute approximate surface area is 369 Å². The Morgan fingerprint density at radius 2 is 0.661 bits per heavy atom. The van der Waals surface area contributed by atoms with E-state index in [2.05, 4.69) is 19.2 Å². The molecule has 0 rings (SSSR count). The molecule has 5 heteroatoms. The second kappa shape index (κ2) is 49.7. The Bertz CT molecular complexity index is 833. The molecule has 352 valence electrons. The van der Waals surface area contributed by atoms with Crippen LogP contribution in [0.1, 0.15) is 303 Å². The second-order valence-electron chi connectivity index (χ2n) is 18.8. The zero-order chi connectivity index (χ0) is 43.0. The van der Waals surface area contributed by atoms with E-state index in [-0.39, 0.29) is 6.61 Å². The molecule has 0 aromatic heterocycles. The number of hydrogen-bond acceptors (Lipinski definition) is 4. The minimum Gasteiger partial charge on any atom is -0.394 e. The van der Waals surface area contributed by atoms with Crippen LogP contribution in [-0.4, -0.2) is 46.1 Å². The molecule has 0 bridgehead atoms. The van der Waals surface area contributed by atoms with Crippen LogP contribution in [0.2, 0.25) is 0 Å². The first-order valence-electron chi connectivity index (χ1n) is 27.0. The van der Waals surface area contributed by atoms with Crippen molar-refractivity contribution in [2.24, 2.45) is 0 Å². The van der Waals surface area contributed by atoms with Gasteiger partial charge in [-0.2, -0.15) is 0 Å². The molecule has 0 saturated heterocycles. The minimum atomic E-state index is -1.09. The van der Waals surface area contributed by atoms with Gasteiger partial charge >= 0.3 is 0 Å². The van der Waals surface area contributed by atoms with Gasteiger partial charge in [0.2, 0.25) is 5.91 Å². The van der Waals surface area contributed by atoms with E-state index in [1.807, 2.05) is 6.08 Å². The third-order valence-electron chi connectivity index (χ3n) is 12.9. The molecule has 3 unspecified atom stereocenters. The number of allylic oxidation sites excluding steroid dienone is 1. The van der Waals surface area contributed by atoms with Crippen molar-refractivity contribution in [2.75, 3.05) is 6.61 Å². The fourth-order valence-corrected chi connectivity index (χ4v) is 8.66. The van der Waals surface area contributed by atoms with E-state index in [1.54, 1.807) is 6.08 Å². The van der Waals surface area contributed by atoms with Gasteiger partial charge in [-0.3, -0.25) is 4.79 Å². The summed E-state index contributed by atoms with van der Waals surface area (Å²) in [5, 5.41) is 33.1. The average Bonchev–Trinajstić information content (AvgIpc) is 3.24. The van der Waals surface area contributed by atoms with Crippen molar-refractivity contribution in [3.8, 4) is 0 Å². The molecule has 0 aliphatic rings. The quantitative estimate of drug-likeness (QED) is 0.0363. The van der Waals surface area contributed by atoms with Crippen LogP contribution in [0.5, 0.6) is 0 Å². The third kappa shape index (κ3) is 44.9. The number of unbranched alkanes of at least 4 members (excludes halogenated alkanes) is 42. The molecule has 0 aliphatic carbocycles. The third-order valence-corrected chi connectivity index (χ3v) is 12.9. The second-order valence-corrected chi connectivity index (χ2v) is 18.8. The fraction of sp³-hybridized carbons (Fsp3) is 0.944. The number of carbonyl (C=O) groups is 1. The van der Waals surface area contributed by atoms with Crippen molar-refractivity contribution >= 4 is 5.91 Å². The van der Waals surface area contributed by atoms with Gasteiger partial charge in [0, 0.05) is 0 Å². The number of hydrogen-bond donors (Lipinski definition) is 4. The lowest BCUT2D eigenvalue weighted by Gasteiger charge is -2.21. The molecular formula is C54H107NO4. The van der Waals surface area contributed by atoms with Gasteiger partial charge in [0.25, 0.3) is 0 Å². The first-order valence-corrected chi connectivity index (χ1v) is 27.0. The van der Waals surface area contributed by atoms with Crippen LogP contribution in [0.25, 0.3) is 0 Å². The zero-order valence-corrected chi connectivity index (χ0v) is 40.2. The molecule has 4 N–H and O–H groups in total. The maximum absolute atomic E-state index is 12.5. The summed E-state index contributed by atoms with van der Waals surface area (Å²) in [4.78, 5) is 12.5. The van der Waals surface area contributed by atoms with E-state index in [4.69, 9.17) is 0 Å². The Morgan fingerprint density at radius 3 is 0.932 bits per heavy atom. The predicted molar refractivity (Wildman–Crippen MR) is 259 cm³/mol. The highest BCUT2D eigenvalue weighted by Gasteiger charge is 2.22. The number of carbonyl (C=O) groups excluding carboxylic acids is 1. The molecule has 1 amide bonds. The van der Waals surface area contributed by atoms with Crippen molar-refractivity contribution < 1.29 is 20.1 Å². The highest BCUT2D eigenvalue weighted by atomic mass is 16.3. The van der Waals surface area contributed by atoms with Gasteiger partial charge in [0.1, 0.15) is 6.10 Å². The monoisotopic (exact) mass is 834 g/mol. The van der Waals surface area contributed by atoms with Crippen LogP contribution < -0.4 is 5.32 Å². The SMILES string of the molecule is CCCCCCCCCCC/C=C/C(O)C(CO)NC(=O)C(O)CCCCCCCCCCCCCCCCCCCCCCCCCCCCCCCCCCCC. The Balaban J connectivity index is 3.42. The summed E-state index contributed by atoms with van der Waals surface area (Å²) in [6, 6.07) is -0.792. The first-order chi connectivity index (χ1) is 29.1. The lowest BCUT2D eigenvalue weighted by Crippen LogP contribution is -2.48. The van der Waals surface area contributed by atoms with E-state index in [0.29, 0.717) is 6.42 Å². The zero-order valence-electron chi connectivity index (χ0n) is 40.2. The molecule has 0 fully saturated rings. The van der Waals surface area contributed by atoms with Gasteiger partial charge in [-0.05, 0) is 19.3 Å². The summed E-state index contributed by atoms with van der Waals surface area (Å²) in [5.41, 5.74) is 0. The van der Waals surface area contributed by atoms with Crippen molar-refractivity contribution in [1.82, 2.24) is 5.32 Å². The number of nitrogens with one attached hydrogen (secondary N) is 1. The lowest BCUT2D eigenvalue weighted by atomic mass is 10.0. The number of amides is 1. The number of rotatable bonds is 50. The smallest absolute Gasteiger partial charge is 0.249 e. The van der Waals surface area contributed by atoms with E-state index < -0.39 is 24.2 Å². The summed E-state index contributed by atoms with van der Waals surface area (Å²) in [5.74, 6) is -0.499. The van der Waals surface area contributed by atoms with E-state index in [0.717, 1.165) is 32.1 Å².